The van der Waals surface area contributed by atoms with Crippen LogP contribution >= 0.6 is 38.5 Å². The third-order valence-electron chi connectivity index (χ3n) is 2.64. The van der Waals surface area contributed by atoms with Gasteiger partial charge in [-0.05, 0) is 23.0 Å². The van der Waals surface area contributed by atoms with E-state index < -0.39 is 0 Å². The van der Waals surface area contributed by atoms with Crippen molar-refractivity contribution in [3.63, 3.8) is 0 Å². The van der Waals surface area contributed by atoms with E-state index in [-0.39, 0.29) is 5.69 Å². The molecule has 1 heterocycles. The summed E-state index contributed by atoms with van der Waals surface area (Å²) in [5, 5.41) is 4.36. The van der Waals surface area contributed by atoms with Crippen LogP contribution in [0.5, 0.6) is 0 Å². The number of halogens is 2. The van der Waals surface area contributed by atoms with Crippen LogP contribution in [0.1, 0.15) is 6.92 Å². The highest BCUT2D eigenvalue weighted by Gasteiger charge is 2.12. The Bertz CT molecular complexity index is 691. The predicted octanol–water partition coefficient (Wildman–Crippen LogP) is 2.89. The number of aromatic nitrogens is 3. The van der Waals surface area contributed by atoms with Crippen molar-refractivity contribution in [2.24, 2.45) is 0 Å². The molecule has 0 amide bonds. The molecule has 2 aromatic rings. The quantitative estimate of drug-likeness (QED) is 0.553. The summed E-state index contributed by atoms with van der Waals surface area (Å²) in [4.78, 5) is 12.2. The summed E-state index contributed by atoms with van der Waals surface area (Å²) in [5.74, 6) is 3.52. The lowest BCUT2D eigenvalue weighted by molar-refractivity contribution is 0.649. The van der Waals surface area contributed by atoms with Gasteiger partial charge in [-0.25, -0.2) is 9.48 Å². The minimum Gasteiger partial charge on any atom is -0.275 e. The summed E-state index contributed by atoms with van der Waals surface area (Å²) in [6.07, 6.45) is 0. The van der Waals surface area contributed by atoms with Gasteiger partial charge in [-0.3, -0.25) is 4.57 Å². The summed E-state index contributed by atoms with van der Waals surface area (Å²) >= 11 is 5.34. The van der Waals surface area contributed by atoms with Crippen molar-refractivity contribution in [2.75, 3.05) is 0 Å². The molecule has 6 heteroatoms. The van der Waals surface area contributed by atoms with Gasteiger partial charge < -0.3 is 0 Å². The Balaban J connectivity index is 2.52. The summed E-state index contributed by atoms with van der Waals surface area (Å²) in [6, 6.07) is 7.74. The molecule has 0 saturated carbocycles. The van der Waals surface area contributed by atoms with Crippen molar-refractivity contribution in [3.8, 4) is 21.2 Å². The fourth-order valence-corrected chi connectivity index (χ4v) is 2.18. The molecule has 1 aromatic heterocycles. The molecule has 0 aliphatic carbocycles. The van der Waals surface area contributed by atoms with Crippen molar-refractivity contribution in [1.29, 1.82) is 0 Å². The second-order valence-electron chi connectivity index (χ2n) is 3.79. The van der Waals surface area contributed by atoms with Gasteiger partial charge in [0.25, 0.3) is 0 Å². The van der Waals surface area contributed by atoms with Crippen molar-refractivity contribution < 1.29 is 0 Å². The zero-order valence-electron chi connectivity index (χ0n) is 10.2. The molecule has 4 nitrogen and oxygen atoms in total. The molecular weight excluding hydrogens is 421 g/mol. The number of benzene rings is 1. The molecule has 0 bridgehead atoms. The zero-order valence-corrected chi connectivity index (χ0v) is 14.0. The van der Waals surface area contributed by atoms with Gasteiger partial charge in [0.1, 0.15) is 6.54 Å². The molecule has 0 fully saturated rings. The zero-order chi connectivity index (χ0) is 13.8. The van der Waals surface area contributed by atoms with Crippen molar-refractivity contribution >= 4 is 38.5 Å². The molecule has 19 heavy (non-hydrogen) atoms. The van der Waals surface area contributed by atoms with Crippen LogP contribution in [-0.4, -0.2) is 14.3 Å². The first-order chi connectivity index (χ1) is 9.17. The first-order valence-electron chi connectivity index (χ1n) is 5.69. The van der Waals surface area contributed by atoms with Crippen molar-refractivity contribution in [2.45, 2.75) is 20.0 Å². The highest BCUT2D eigenvalue weighted by atomic mass is 127. The van der Waals surface area contributed by atoms with E-state index in [2.05, 4.69) is 30.9 Å². The average Bonchev–Trinajstić information content (AvgIpc) is 2.73. The maximum absolute atomic E-state index is 12.2. The van der Waals surface area contributed by atoms with Crippen LogP contribution in [0, 0.1) is 9.85 Å². The van der Waals surface area contributed by atoms with Gasteiger partial charge in [0, 0.05) is 39.2 Å². The normalized spacial score (nSPS) is 10.1. The van der Waals surface area contributed by atoms with Crippen LogP contribution in [0.3, 0.4) is 0 Å². The SMILES string of the molecule is CCn1c(-c2ccc(Br)cc2)nn(CC#CI)c1=O. The molecule has 0 aliphatic heterocycles. The standard InChI is InChI=1S/C13H11BrIN3O/c1-2-17-12(10-4-6-11(14)7-5-10)16-18(13(17)19)9-3-8-15/h4-7H,2,9H2,1H3. The van der Waals surface area contributed by atoms with Crippen LogP contribution < -0.4 is 5.69 Å². The highest BCUT2D eigenvalue weighted by molar-refractivity contribution is 14.1. The summed E-state index contributed by atoms with van der Waals surface area (Å²) in [7, 11) is 0. The summed E-state index contributed by atoms with van der Waals surface area (Å²) in [5.41, 5.74) is 0.794. The number of rotatable bonds is 3. The Morgan fingerprint density at radius 3 is 2.63 bits per heavy atom. The van der Waals surface area contributed by atoms with E-state index >= 15 is 0 Å². The lowest BCUT2D eigenvalue weighted by Gasteiger charge is -2.01. The minimum absolute atomic E-state index is 0.125. The average molecular weight is 432 g/mol. The van der Waals surface area contributed by atoms with Crippen LogP contribution in [-0.2, 0) is 13.1 Å². The van der Waals surface area contributed by atoms with Gasteiger partial charge in [-0.1, -0.05) is 34.0 Å². The molecule has 98 valence electrons. The van der Waals surface area contributed by atoms with Gasteiger partial charge in [0.2, 0.25) is 0 Å². The van der Waals surface area contributed by atoms with E-state index in [4.69, 9.17) is 0 Å². The van der Waals surface area contributed by atoms with Gasteiger partial charge in [0.15, 0.2) is 5.82 Å². The second kappa shape index (κ2) is 6.39. The minimum atomic E-state index is -0.125. The third kappa shape index (κ3) is 3.09. The first-order valence-corrected chi connectivity index (χ1v) is 7.56. The lowest BCUT2D eigenvalue weighted by atomic mass is 10.2. The Kier molecular flexibility index (Phi) is 4.82. The van der Waals surface area contributed by atoms with Crippen LogP contribution in [0.25, 0.3) is 11.4 Å². The topological polar surface area (TPSA) is 39.8 Å². The largest absolute Gasteiger partial charge is 0.347 e. The molecule has 0 N–H and O–H groups in total. The maximum atomic E-state index is 12.2. The highest BCUT2D eigenvalue weighted by Crippen LogP contribution is 2.19. The van der Waals surface area contributed by atoms with Crippen molar-refractivity contribution in [1.82, 2.24) is 14.3 Å². The van der Waals surface area contributed by atoms with E-state index in [1.165, 1.54) is 4.68 Å². The van der Waals surface area contributed by atoms with E-state index in [9.17, 15) is 4.79 Å². The molecule has 0 aliphatic rings. The number of hydrogen-bond donors (Lipinski definition) is 0. The molecule has 0 radical (unpaired) electrons. The fourth-order valence-electron chi connectivity index (χ4n) is 1.75. The van der Waals surface area contributed by atoms with Crippen LogP contribution in [0.2, 0.25) is 0 Å². The molecule has 0 spiro atoms. The van der Waals surface area contributed by atoms with Gasteiger partial charge in [-0.15, -0.1) is 5.10 Å². The van der Waals surface area contributed by atoms with Gasteiger partial charge in [0.05, 0.1) is 0 Å². The van der Waals surface area contributed by atoms with E-state index in [1.807, 2.05) is 53.8 Å². The molecular formula is C13H11BrIN3O. The monoisotopic (exact) mass is 431 g/mol. The Hall–Kier alpha value is -1.07. The van der Waals surface area contributed by atoms with E-state index in [1.54, 1.807) is 4.57 Å². The fraction of sp³-hybridized carbons (Fsp3) is 0.231. The maximum Gasteiger partial charge on any atom is 0.347 e. The smallest absolute Gasteiger partial charge is 0.275 e. The first kappa shape index (κ1) is 14.3. The summed E-state index contributed by atoms with van der Waals surface area (Å²) in [6.45, 7) is 2.83. The summed E-state index contributed by atoms with van der Waals surface area (Å²) < 4.78 is 6.79. The number of nitrogens with zero attached hydrogens (tertiary/aromatic N) is 3. The third-order valence-corrected chi connectivity index (χ3v) is 3.55. The number of hydrogen-bond acceptors (Lipinski definition) is 2. The molecule has 0 atom stereocenters. The predicted molar refractivity (Wildman–Crippen MR) is 87.1 cm³/mol. The molecule has 2 rings (SSSR count). The Morgan fingerprint density at radius 1 is 1.37 bits per heavy atom. The molecule has 1 aromatic carbocycles. The second-order valence-corrected chi connectivity index (χ2v) is 5.24. The van der Waals surface area contributed by atoms with E-state index in [0.29, 0.717) is 18.9 Å². The van der Waals surface area contributed by atoms with Crippen LogP contribution in [0.15, 0.2) is 33.5 Å². The van der Waals surface area contributed by atoms with Crippen molar-refractivity contribution in [3.05, 3.63) is 39.2 Å². The molecule has 0 saturated heterocycles. The van der Waals surface area contributed by atoms with E-state index in [0.717, 1.165) is 10.0 Å². The Labute approximate surface area is 133 Å². The van der Waals surface area contributed by atoms with Gasteiger partial charge >= 0.3 is 5.69 Å². The lowest BCUT2D eigenvalue weighted by Crippen LogP contribution is -2.24. The van der Waals surface area contributed by atoms with Gasteiger partial charge in [-0.2, -0.15) is 0 Å². The van der Waals surface area contributed by atoms with Crippen LogP contribution in [0.4, 0.5) is 0 Å². The Morgan fingerprint density at radius 2 is 2.05 bits per heavy atom. The molecule has 0 unspecified atom stereocenters.